The molecule has 0 radical (unpaired) electrons. The Bertz CT molecular complexity index is 751. The van der Waals surface area contributed by atoms with Gasteiger partial charge in [-0.15, -0.1) is 5.10 Å². The quantitative estimate of drug-likeness (QED) is 0.798. The third kappa shape index (κ3) is 2.63. The van der Waals surface area contributed by atoms with Gasteiger partial charge in [0.1, 0.15) is 5.52 Å². The molecule has 0 aliphatic rings. The van der Waals surface area contributed by atoms with Crippen molar-refractivity contribution in [1.29, 1.82) is 0 Å². The lowest BCUT2D eigenvalue weighted by Gasteiger charge is -2.19. The van der Waals surface area contributed by atoms with Crippen molar-refractivity contribution in [3.05, 3.63) is 60.2 Å². The summed E-state index contributed by atoms with van der Waals surface area (Å²) < 4.78 is 1.75. The van der Waals surface area contributed by atoms with Crippen LogP contribution in [0.2, 0.25) is 0 Å². The van der Waals surface area contributed by atoms with Crippen molar-refractivity contribution in [1.82, 2.24) is 20.3 Å². The van der Waals surface area contributed by atoms with E-state index in [0.717, 1.165) is 16.6 Å². The number of fused-ring (bicyclic) bond motifs is 1. The Labute approximate surface area is 122 Å². The predicted molar refractivity (Wildman–Crippen MR) is 80.5 cm³/mol. The van der Waals surface area contributed by atoms with E-state index in [-0.39, 0.29) is 12.1 Å². The molecule has 21 heavy (non-hydrogen) atoms. The van der Waals surface area contributed by atoms with Gasteiger partial charge in [-0.3, -0.25) is 4.79 Å². The summed E-state index contributed by atoms with van der Waals surface area (Å²) in [4.78, 5) is 11.9. The lowest BCUT2D eigenvalue weighted by Crippen LogP contribution is -2.33. The maximum Gasteiger partial charge on any atom is 0.221 e. The Balaban J connectivity index is 2.08. The van der Waals surface area contributed by atoms with E-state index in [1.807, 2.05) is 61.5 Å². The van der Waals surface area contributed by atoms with Crippen LogP contribution in [-0.4, -0.2) is 20.9 Å². The van der Waals surface area contributed by atoms with Crippen molar-refractivity contribution in [2.24, 2.45) is 0 Å². The zero-order valence-electron chi connectivity index (χ0n) is 11.7. The minimum Gasteiger partial charge on any atom is -0.330 e. The van der Waals surface area contributed by atoms with Gasteiger partial charge in [0.05, 0.1) is 5.52 Å². The van der Waals surface area contributed by atoms with E-state index in [2.05, 4.69) is 15.6 Å². The minimum atomic E-state index is -0.356. The predicted octanol–water partition coefficient (Wildman–Crippen LogP) is 2.50. The second-order valence-corrected chi connectivity index (χ2v) is 4.76. The van der Waals surface area contributed by atoms with E-state index in [1.165, 1.54) is 0 Å². The highest BCUT2D eigenvalue weighted by Crippen LogP contribution is 2.20. The van der Waals surface area contributed by atoms with E-state index < -0.39 is 0 Å². The van der Waals surface area contributed by atoms with Crippen LogP contribution >= 0.6 is 0 Å². The van der Waals surface area contributed by atoms with Crippen molar-refractivity contribution in [2.75, 3.05) is 0 Å². The molecule has 1 N–H and O–H groups in total. The molecule has 3 aromatic rings. The first-order valence-corrected chi connectivity index (χ1v) is 6.94. The normalized spacial score (nSPS) is 12.2. The molecule has 5 nitrogen and oxygen atoms in total. The Morgan fingerprint density at radius 2 is 1.86 bits per heavy atom. The second kappa shape index (κ2) is 5.75. The molecule has 1 heterocycles. The van der Waals surface area contributed by atoms with Crippen molar-refractivity contribution in [2.45, 2.75) is 19.5 Å². The summed E-state index contributed by atoms with van der Waals surface area (Å²) in [5, 5.41) is 11.4. The number of carbonyl (C=O) groups is 1. The summed E-state index contributed by atoms with van der Waals surface area (Å²) in [5.74, 6) is -0.0246. The molecule has 0 aliphatic carbocycles. The lowest BCUT2D eigenvalue weighted by molar-refractivity contribution is -0.121. The van der Waals surface area contributed by atoms with Gasteiger partial charge in [0.2, 0.25) is 5.91 Å². The Kier molecular flexibility index (Phi) is 3.64. The zero-order valence-corrected chi connectivity index (χ0v) is 11.7. The maximum atomic E-state index is 11.9. The fourth-order valence-corrected chi connectivity index (χ4v) is 2.25. The van der Waals surface area contributed by atoms with Crippen LogP contribution in [-0.2, 0) is 4.79 Å². The van der Waals surface area contributed by atoms with Gasteiger partial charge in [0.15, 0.2) is 6.17 Å². The van der Waals surface area contributed by atoms with Gasteiger partial charge < -0.3 is 5.32 Å². The molecule has 0 spiro atoms. The first-order chi connectivity index (χ1) is 10.3. The second-order valence-electron chi connectivity index (χ2n) is 4.76. The fourth-order valence-electron chi connectivity index (χ4n) is 2.25. The molecular formula is C16H16N4O. The Morgan fingerprint density at radius 3 is 2.62 bits per heavy atom. The highest BCUT2D eigenvalue weighted by atomic mass is 16.1. The number of hydrogen-bond donors (Lipinski definition) is 1. The van der Waals surface area contributed by atoms with Crippen LogP contribution in [0.4, 0.5) is 0 Å². The summed E-state index contributed by atoms with van der Waals surface area (Å²) in [6.45, 7) is 1.83. The van der Waals surface area contributed by atoms with Crippen molar-refractivity contribution >= 4 is 16.9 Å². The Morgan fingerprint density at radius 1 is 1.14 bits per heavy atom. The highest BCUT2D eigenvalue weighted by Gasteiger charge is 2.19. The molecule has 0 aliphatic heterocycles. The summed E-state index contributed by atoms with van der Waals surface area (Å²) in [6.07, 6.45) is 0.0710. The Hall–Kier alpha value is -2.69. The van der Waals surface area contributed by atoms with Gasteiger partial charge in [0, 0.05) is 6.42 Å². The van der Waals surface area contributed by atoms with Crippen LogP contribution in [0, 0.1) is 0 Å². The molecular weight excluding hydrogens is 264 g/mol. The van der Waals surface area contributed by atoms with Crippen LogP contribution in [0.1, 0.15) is 25.1 Å². The van der Waals surface area contributed by atoms with E-state index in [1.54, 1.807) is 4.68 Å². The van der Waals surface area contributed by atoms with E-state index >= 15 is 0 Å². The first-order valence-electron chi connectivity index (χ1n) is 6.94. The summed E-state index contributed by atoms with van der Waals surface area (Å²) in [5.41, 5.74) is 2.67. The van der Waals surface area contributed by atoms with Gasteiger partial charge in [-0.05, 0) is 17.7 Å². The average Bonchev–Trinajstić information content (AvgIpc) is 2.97. The molecule has 106 valence electrons. The first kappa shape index (κ1) is 13.3. The molecule has 3 rings (SSSR count). The van der Waals surface area contributed by atoms with Gasteiger partial charge in [-0.25, -0.2) is 4.68 Å². The summed E-state index contributed by atoms with van der Waals surface area (Å²) >= 11 is 0. The number of benzene rings is 2. The molecule has 0 fully saturated rings. The molecule has 0 bridgehead atoms. The maximum absolute atomic E-state index is 11.9. The number of amides is 1. The number of aromatic nitrogens is 3. The standard InChI is InChI=1S/C16H16N4O/c1-2-15(21)17-16(12-8-4-3-5-9-12)20-14-11-7-6-10-13(14)18-19-20/h3-11,16H,2H2,1H3,(H,17,21). The number of nitrogens with zero attached hydrogens (tertiary/aromatic N) is 3. The van der Waals surface area contributed by atoms with Gasteiger partial charge in [-0.1, -0.05) is 54.6 Å². The SMILES string of the molecule is CCC(=O)NC(c1ccccc1)n1nnc2ccccc21. The molecule has 1 aromatic heterocycles. The van der Waals surface area contributed by atoms with E-state index in [9.17, 15) is 4.79 Å². The molecule has 1 amide bonds. The molecule has 0 saturated carbocycles. The van der Waals surface area contributed by atoms with Crippen molar-refractivity contribution in [3.8, 4) is 0 Å². The van der Waals surface area contributed by atoms with Gasteiger partial charge >= 0.3 is 0 Å². The average molecular weight is 280 g/mol. The van der Waals surface area contributed by atoms with E-state index in [0.29, 0.717) is 6.42 Å². The largest absolute Gasteiger partial charge is 0.330 e. The minimum absolute atomic E-state index is 0.0246. The fraction of sp³-hybridized carbons (Fsp3) is 0.188. The third-order valence-corrected chi connectivity index (χ3v) is 3.36. The third-order valence-electron chi connectivity index (χ3n) is 3.36. The summed E-state index contributed by atoms with van der Waals surface area (Å²) in [7, 11) is 0. The zero-order chi connectivity index (χ0) is 14.7. The molecule has 2 aromatic carbocycles. The van der Waals surface area contributed by atoms with Crippen LogP contribution in [0.5, 0.6) is 0 Å². The van der Waals surface area contributed by atoms with Crippen LogP contribution < -0.4 is 5.32 Å². The van der Waals surface area contributed by atoms with Crippen LogP contribution in [0.3, 0.4) is 0 Å². The molecule has 1 unspecified atom stereocenters. The molecule has 1 atom stereocenters. The molecule has 0 saturated heterocycles. The smallest absolute Gasteiger partial charge is 0.221 e. The van der Waals surface area contributed by atoms with Gasteiger partial charge in [-0.2, -0.15) is 0 Å². The van der Waals surface area contributed by atoms with Crippen molar-refractivity contribution in [3.63, 3.8) is 0 Å². The van der Waals surface area contributed by atoms with Crippen LogP contribution in [0.15, 0.2) is 54.6 Å². The molecule has 5 heteroatoms. The number of nitrogens with one attached hydrogen (secondary N) is 1. The lowest BCUT2D eigenvalue weighted by atomic mass is 10.1. The number of rotatable bonds is 4. The van der Waals surface area contributed by atoms with Crippen molar-refractivity contribution < 1.29 is 4.79 Å². The highest BCUT2D eigenvalue weighted by molar-refractivity contribution is 5.77. The number of carbonyl (C=O) groups excluding carboxylic acids is 1. The van der Waals surface area contributed by atoms with Gasteiger partial charge in [0.25, 0.3) is 0 Å². The van der Waals surface area contributed by atoms with Crippen LogP contribution in [0.25, 0.3) is 11.0 Å². The number of hydrogen-bond acceptors (Lipinski definition) is 3. The summed E-state index contributed by atoms with van der Waals surface area (Å²) in [6, 6.07) is 17.5. The topological polar surface area (TPSA) is 59.8 Å². The monoisotopic (exact) mass is 280 g/mol. The van der Waals surface area contributed by atoms with E-state index in [4.69, 9.17) is 0 Å². The number of para-hydroxylation sites is 1.